The van der Waals surface area contributed by atoms with Crippen LogP contribution in [0.15, 0.2) is 53.6 Å². The molecule has 1 unspecified atom stereocenters. The number of aromatic nitrogens is 2. The third-order valence-electron chi connectivity index (χ3n) is 3.66. The minimum atomic E-state index is -0.819. The van der Waals surface area contributed by atoms with Crippen LogP contribution in [0.5, 0.6) is 0 Å². The number of fused-ring (bicyclic) bond motifs is 1. The van der Waals surface area contributed by atoms with Crippen molar-refractivity contribution in [3.05, 3.63) is 75.3 Å². The molecule has 0 radical (unpaired) electrons. The number of rotatable bonds is 3. The van der Waals surface area contributed by atoms with Gasteiger partial charge in [-0.1, -0.05) is 35.9 Å². The van der Waals surface area contributed by atoms with Crippen LogP contribution in [0.4, 0.5) is 0 Å². The zero-order valence-corrected chi connectivity index (χ0v) is 12.8. The molecule has 1 heterocycles. The first kappa shape index (κ1) is 14.8. The molecule has 1 aromatic heterocycles. The third-order valence-corrected chi connectivity index (χ3v) is 3.89. The highest BCUT2D eigenvalue weighted by Crippen LogP contribution is 2.19. The molecule has 0 saturated carbocycles. The van der Waals surface area contributed by atoms with E-state index in [0.717, 1.165) is 5.56 Å². The number of aryl methyl sites for hydroxylation is 1. The fourth-order valence-corrected chi connectivity index (χ4v) is 2.67. The first-order valence-electron chi connectivity index (χ1n) is 6.94. The van der Waals surface area contributed by atoms with E-state index in [-0.39, 0.29) is 12.1 Å². The number of aliphatic hydroxyl groups is 1. The summed E-state index contributed by atoms with van der Waals surface area (Å²) in [5.74, 6) is 0. The molecule has 0 bridgehead atoms. The van der Waals surface area contributed by atoms with E-state index >= 15 is 0 Å². The van der Waals surface area contributed by atoms with Crippen molar-refractivity contribution in [2.45, 2.75) is 19.6 Å². The van der Waals surface area contributed by atoms with Crippen molar-refractivity contribution in [3.8, 4) is 0 Å². The Kier molecular flexibility index (Phi) is 3.96. The summed E-state index contributed by atoms with van der Waals surface area (Å²) in [7, 11) is 0. The van der Waals surface area contributed by atoms with Gasteiger partial charge in [0.15, 0.2) is 0 Å². The van der Waals surface area contributed by atoms with Crippen LogP contribution in [-0.4, -0.2) is 14.7 Å². The number of nitrogens with zero attached hydrogens (tertiary/aromatic N) is 2. The molecule has 5 heteroatoms. The predicted octanol–water partition coefficient (Wildman–Crippen LogP) is 3.09. The average molecular weight is 315 g/mol. The second-order valence-electron chi connectivity index (χ2n) is 5.24. The standard InChI is InChI=1S/C17H15ClN2O2/c1-11-4-2-7-14-16(11)19-10-20(17(14)22)9-15(21)12-5-3-6-13(18)8-12/h2-8,10,15,21H,9H2,1H3. The molecule has 3 rings (SSSR count). The highest BCUT2D eigenvalue weighted by molar-refractivity contribution is 6.30. The van der Waals surface area contributed by atoms with Gasteiger partial charge >= 0.3 is 0 Å². The largest absolute Gasteiger partial charge is 0.387 e. The summed E-state index contributed by atoms with van der Waals surface area (Å²) in [5.41, 5.74) is 2.16. The summed E-state index contributed by atoms with van der Waals surface area (Å²) in [6.45, 7) is 2.05. The van der Waals surface area contributed by atoms with Crippen LogP contribution in [0.2, 0.25) is 5.02 Å². The summed E-state index contributed by atoms with van der Waals surface area (Å²) in [6, 6.07) is 12.5. The van der Waals surface area contributed by atoms with Gasteiger partial charge in [0.25, 0.3) is 5.56 Å². The molecule has 0 amide bonds. The highest BCUT2D eigenvalue weighted by atomic mass is 35.5. The Hall–Kier alpha value is -2.17. The normalized spacial score (nSPS) is 12.5. The van der Waals surface area contributed by atoms with Crippen LogP contribution >= 0.6 is 11.6 Å². The molecule has 0 fully saturated rings. The minimum Gasteiger partial charge on any atom is -0.387 e. The molecule has 4 nitrogen and oxygen atoms in total. The van der Waals surface area contributed by atoms with E-state index in [0.29, 0.717) is 21.5 Å². The van der Waals surface area contributed by atoms with E-state index < -0.39 is 6.10 Å². The Labute approximate surface area is 132 Å². The fourth-order valence-electron chi connectivity index (χ4n) is 2.47. The monoisotopic (exact) mass is 314 g/mol. The quantitative estimate of drug-likeness (QED) is 0.808. The van der Waals surface area contributed by atoms with Gasteiger partial charge in [0.1, 0.15) is 0 Å². The Morgan fingerprint density at radius 3 is 2.82 bits per heavy atom. The molecule has 1 N–H and O–H groups in total. The molecule has 0 aliphatic heterocycles. The van der Waals surface area contributed by atoms with E-state index in [9.17, 15) is 9.90 Å². The van der Waals surface area contributed by atoms with Crippen LogP contribution in [0.1, 0.15) is 17.2 Å². The maximum absolute atomic E-state index is 12.5. The number of para-hydroxylation sites is 1. The smallest absolute Gasteiger partial charge is 0.261 e. The van der Waals surface area contributed by atoms with Crippen molar-refractivity contribution in [1.82, 2.24) is 9.55 Å². The SMILES string of the molecule is Cc1cccc2c(=O)n(CC(O)c3cccc(Cl)c3)cnc12. The number of hydrogen-bond acceptors (Lipinski definition) is 3. The molecule has 0 aliphatic carbocycles. The van der Waals surface area contributed by atoms with Crippen LogP contribution < -0.4 is 5.56 Å². The Morgan fingerprint density at radius 2 is 2.05 bits per heavy atom. The van der Waals surface area contributed by atoms with Gasteiger partial charge in [-0.25, -0.2) is 4.98 Å². The van der Waals surface area contributed by atoms with E-state index in [2.05, 4.69) is 4.98 Å². The van der Waals surface area contributed by atoms with Gasteiger partial charge in [0.05, 0.1) is 29.9 Å². The third kappa shape index (κ3) is 2.75. The van der Waals surface area contributed by atoms with Gasteiger partial charge in [-0.05, 0) is 36.2 Å². The molecule has 0 spiro atoms. The lowest BCUT2D eigenvalue weighted by Gasteiger charge is -2.13. The summed E-state index contributed by atoms with van der Waals surface area (Å²) < 4.78 is 1.42. The van der Waals surface area contributed by atoms with Crippen molar-refractivity contribution in [3.63, 3.8) is 0 Å². The van der Waals surface area contributed by atoms with Crippen molar-refractivity contribution in [2.75, 3.05) is 0 Å². The predicted molar refractivity (Wildman–Crippen MR) is 87.2 cm³/mol. The lowest BCUT2D eigenvalue weighted by molar-refractivity contribution is 0.155. The van der Waals surface area contributed by atoms with Crippen LogP contribution in [0, 0.1) is 6.92 Å². The summed E-state index contributed by atoms with van der Waals surface area (Å²) in [4.78, 5) is 16.8. The fraction of sp³-hybridized carbons (Fsp3) is 0.176. The van der Waals surface area contributed by atoms with Crippen molar-refractivity contribution in [2.24, 2.45) is 0 Å². The van der Waals surface area contributed by atoms with Crippen molar-refractivity contribution >= 4 is 22.5 Å². The molecule has 3 aromatic rings. The lowest BCUT2D eigenvalue weighted by atomic mass is 10.1. The molecular formula is C17H15ClN2O2. The zero-order chi connectivity index (χ0) is 15.7. The number of halogens is 1. The molecule has 2 aromatic carbocycles. The Balaban J connectivity index is 1.98. The summed E-state index contributed by atoms with van der Waals surface area (Å²) in [5, 5.41) is 11.4. The topological polar surface area (TPSA) is 55.1 Å². The van der Waals surface area contributed by atoms with Crippen LogP contribution in [-0.2, 0) is 6.54 Å². The van der Waals surface area contributed by atoms with Gasteiger partial charge in [0.2, 0.25) is 0 Å². The molecule has 22 heavy (non-hydrogen) atoms. The molecule has 1 atom stereocenters. The highest BCUT2D eigenvalue weighted by Gasteiger charge is 2.12. The van der Waals surface area contributed by atoms with E-state index in [4.69, 9.17) is 11.6 Å². The second-order valence-corrected chi connectivity index (χ2v) is 5.68. The van der Waals surface area contributed by atoms with Gasteiger partial charge in [-0.3, -0.25) is 9.36 Å². The average Bonchev–Trinajstić information content (AvgIpc) is 2.50. The van der Waals surface area contributed by atoms with Gasteiger partial charge < -0.3 is 5.11 Å². The van der Waals surface area contributed by atoms with Crippen molar-refractivity contribution in [1.29, 1.82) is 0 Å². The van der Waals surface area contributed by atoms with Crippen LogP contribution in [0.3, 0.4) is 0 Å². The van der Waals surface area contributed by atoms with E-state index in [1.54, 1.807) is 30.3 Å². The zero-order valence-electron chi connectivity index (χ0n) is 12.0. The molecule has 0 aliphatic rings. The molecule has 0 saturated heterocycles. The van der Waals surface area contributed by atoms with Gasteiger partial charge in [-0.15, -0.1) is 0 Å². The van der Waals surface area contributed by atoms with Gasteiger partial charge in [0, 0.05) is 5.02 Å². The van der Waals surface area contributed by atoms with E-state index in [1.807, 2.05) is 19.1 Å². The molecular weight excluding hydrogens is 300 g/mol. The van der Waals surface area contributed by atoms with Crippen molar-refractivity contribution < 1.29 is 5.11 Å². The Morgan fingerprint density at radius 1 is 1.27 bits per heavy atom. The first-order chi connectivity index (χ1) is 10.6. The van der Waals surface area contributed by atoms with E-state index in [1.165, 1.54) is 10.9 Å². The maximum atomic E-state index is 12.5. The first-order valence-corrected chi connectivity index (χ1v) is 7.32. The number of hydrogen-bond donors (Lipinski definition) is 1. The second kappa shape index (κ2) is 5.91. The lowest BCUT2D eigenvalue weighted by Crippen LogP contribution is -2.24. The Bertz CT molecular complexity index is 889. The minimum absolute atomic E-state index is 0.135. The number of aliphatic hydroxyl groups excluding tert-OH is 1. The number of benzene rings is 2. The van der Waals surface area contributed by atoms with Gasteiger partial charge in [-0.2, -0.15) is 0 Å². The maximum Gasteiger partial charge on any atom is 0.261 e. The summed E-state index contributed by atoms with van der Waals surface area (Å²) in [6.07, 6.45) is 0.659. The van der Waals surface area contributed by atoms with Crippen LogP contribution in [0.25, 0.3) is 10.9 Å². The summed E-state index contributed by atoms with van der Waals surface area (Å²) >= 11 is 5.93. The molecule has 112 valence electrons.